The van der Waals surface area contributed by atoms with Crippen LogP contribution in [0.25, 0.3) is 5.69 Å². The fraction of sp³-hybridized carbons (Fsp3) is 0.231. The van der Waals surface area contributed by atoms with Crippen LogP contribution in [0.4, 0.5) is 0 Å². The molecule has 0 spiro atoms. The van der Waals surface area contributed by atoms with Gasteiger partial charge in [-0.3, -0.25) is 0 Å². The Bertz CT molecular complexity index is 488. The van der Waals surface area contributed by atoms with Crippen LogP contribution in [0.15, 0.2) is 41.0 Å². The van der Waals surface area contributed by atoms with Gasteiger partial charge in [-0.1, -0.05) is 15.9 Å². The quantitative estimate of drug-likeness (QED) is 0.919. The van der Waals surface area contributed by atoms with E-state index in [2.05, 4.69) is 63.9 Å². The first-order chi connectivity index (χ1) is 7.72. The van der Waals surface area contributed by atoms with Crippen molar-refractivity contribution in [2.75, 3.05) is 6.54 Å². The largest absolute Gasteiger partial charge is 0.330 e. The molecule has 0 unspecified atom stereocenters. The van der Waals surface area contributed by atoms with E-state index in [1.807, 2.05) is 0 Å². The van der Waals surface area contributed by atoms with Gasteiger partial charge in [0.1, 0.15) is 0 Å². The second kappa shape index (κ2) is 4.85. The SMILES string of the molecule is Cc1cc(-n2cccc2CCN)ccc1Br. The number of benzene rings is 1. The van der Waals surface area contributed by atoms with Crippen LogP contribution in [0.5, 0.6) is 0 Å². The lowest BCUT2D eigenvalue weighted by atomic mass is 10.2. The van der Waals surface area contributed by atoms with E-state index in [4.69, 9.17) is 5.73 Å². The Balaban J connectivity index is 2.42. The van der Waals surface area contributed by atoms with E-state index in [1.165, 1.54) is 16.9 Å². The van der Waals surface area contributed by atoms with Gasteiger partial charge < -0.3 is 10.3 Å². The zero-order chi connectivity index (χ0) is 11.5. The molecule has 16 heavy (non-hydrogen) atoms. The average Bonchev–Trinajstić information content (AvgIpc) is 2.71. The van der Waals surface area contributed by atoms with Crippen molar-refractivity contribution in [3.63, 3.8) is 0 Å². The molecular formula is C13H15BrN2. The van der Waals surface area contributed by atoms with Gasteiger partial charge >= 0.3 is 0 Å². The Morgan fingerprint density at radius 3 is 2.81 bits per heavy atom. The van der Waals surface area contributed by atoms with Crippen molar-refractivity contribution in [3.05, 3.63) is 52.3 Å². The third-order valence-corrected chi connectivity index (χ3v) is 3.54. The average molecular weight is 279 g/mol. The van der Waals surface area contributed by atoms with Crippen LogP contribution in [0.1, 0.15) is 11.3 Å². The Morgan fingerprint density at radius 2 is 2.12 bits per heavy atom. The first-order valence-electron chi connectivity index (χ1n) is 5.35. The van der Waals surface area contributed by atoms with E-state index < -0.39 is 0 Å². The minimum atomic E-state index is 0.680. The molecule has 2 nitrogen and oxygen atoms in total. The van der Waals surface area contributed by atoms with Crippen LogP contribution >= 0.6 is 15.9 Å². The zero-order valence-corrected chi connectivity index (χ0v) is 10.9. The molecule has 0 aliphatic carbocycles. The highest BCUT2D eigenvalue weighted by atomic mass is 79.9. The molecule has 0 fully saturated rings. The summed E-state index contributed by atoms with van der Waals surface area (Å²) in [7, 11) is 0. The minimum Gasteiger partial charge on any atom is -0.330 e. The van der Waals surface area contributed by atoms with Gasteiger partial charge in [-0.15, -0.1) is 0 Å². The molecule has 84 valence electrons. The number of aromatic nitrogens is 1. The first-order valence-corrected chi connectivity index (χ1v) is 6.14. The summed E-state index contributed by atoms with van der Waals surface area (Å²) in [5.41, 5.74) is 9.28. The molecule has 2 aromatic rings. The summed E-state index contributed by atoms with van der Waals surface area (Å²) < 4.78 is 3.33. The lowest BCUT2D eigenvalue weighted by Crippen LogP contribution is -2.07. The second-order valence-corrected chi connectivity index (χ2v) is 4.70. The summed E-state index contributed by atoms with van der Waals surface area (Å²) in [4.78, 5) is 0. The highest BCUT2D eigenvalue weighted by Crippen LogP contribution is 2.21. The lowest BCUT2D eigenvalue weighted by Gasteiger charge is -2.10. The van der Waals surface area contributed by atoms with Crippen molar-refractivity contribution < 1.29 is 0 Å². The summed E-state index contributed by atoms with van der Waals surface area (Å²) in [5, 5.41) is 0. The van der Waals surface area contributed by atoms with Gasteiger partial charge in [0.05, 0.1) is 0 Å². The highest BCUT2D eigenvalue weighted by Gasteiger charge is 2.03. The summed E-state index contributed by atoms with van der Waals surface area (Å²) in [5.74, 6) is 0. The van der Waals surface area contributed by atoms with Gasteiger partial charge in [-0.25, -0.2) is 0 Å². The van der Waals surface area contributed by atoms with Crippen LogP contribution in [-0.2, 0) is 6.42 Å². The van der Waals surface area contributed by atoms with Gasteiger partial charge in [-0.05, 0) is 49.4 Å². The Labute approximate surface area is 104 Å². The molecule has 0 atom stereocenters. The molecule has 0 bridgehead atoms. The smallest absolute Gasteiger partial charge is 0.0455 e. The number of nitrogens with two attached hydrogens (primary N) is 1. The fourth-order valence-corrected chi connectivity index (χ4v) is 2.05. The van der Waals surface area contributed by atoms with E-state index in [-0.39, 0.29) is 0 Å². The molecule has 0 saturated carbocycles. The van der Waals surface area contributed by atoms with Crippen LogP contribution in [0.3, 0.4) is 0 Å². The molecule has 1 aromatic carbocycles. The van der Waals surface area contributed by atoms with Crippen LogP contribution < -0.4 is 5.73 Å². The topological polar surface area (TPSA) is 30.9 Å². The summed E-state index contributed by atoms with van der Waals surface area (Å²) >= 11 is 3.51. The van der Waals surface area contributed by atoms with Crippen molar-refractivity contribution in [2.24, 2.45) is 5.73 Å². The predicted octanol–water partition coefficient (Wildman–Crippen LogP) is 3.05. The molecule has 3 heteroatoms. The van der Waals surface area contributed by atoms with Crippen molar-refractivity contribution in [2.45, 2.75) is 13.3 Å². The Hall–Kier alpha value is -1.06. The molecule has 0 amide bonds. The van der Waals surface area contributed by atoms with Crippen molar-refractivity contribution in [1.82, 2.24) is 4.57 Å². The standard InChI is InChI=1S/C13H15BrN2/c1-10-9-12(4-5-13(10)14)16-8-2-3-11(16)6-7-15/h2-5,8-9H,6-7,15H2,1H3. The van der Waals surface area contributed by atoms with Gasteiger partial charge in [0, 0.05) is 28.5 Å². The van der Waals surface area contributed by atoms with E-state index in [1.54, 1.807) is 0 Å². The number of hydrogen-bond acceptors (Lipinski definition) is 1. The zero-order valence-electron chi connectivity index (χ0n) is 9.28. The van der Waals surface area contributed by atoms with Crippen molar-refractivity contribution >= 4 is 15.9 Å². The van der Waals surface area contributed by atoms with Gasteiger partial charge in [0.25, 0.3) is 0 Å². The number of halogens is 1. The predicted molar refractivity (Wildman–Crippen MR) is 71.0 cm³/mol. The second-order valence-electron chi connectivity index (χ2n) is 3.84. The number of hydrogen-bond donors (Lipinski definition) is 1. The molecule has 1 aromatic heterocycles. The fourth-order valence-electron chi connectivity index (χ4n) is 1.80. The van der Waals surface area contributed by atoms with Crippen LogP contribution in [-0.4, -0.2) is 11.1 Å². The summed E-state index contributed by atoms with van der Waals surface area (Å²) in [6.45, 7) is 2.78. The number of nitrogens with zero attached hydrogens (tertiary/aromatic N) is 1. The van der Waals surface area contributed by atoms with Crippen molar-refractivity contribution in [3.8, 4) is 5.69 Å². The van der Waals surface area contributed by atoms with Gasteiger partial charge in [-0.2, -0.15) is 0 Å². The third kappa shape index (κ3) is 2.20. The molecule has 2 N–H and O–H groups in total. The van der Waals surface area contributed by atoms with E-state index >= 15 is 0 Å². The maximum Gasteiger partial charge on any atom is 0.0455 e. The van der Waals surface area contributed by atoms with Crippen LogP contribution in [0, 0.1) is 6.92 Å². The molecule has 0 saturated heterocycles. The Morgan fingerprint density at radius 1 is 1.31 bits per heavy atom. The number of rotatable bonds is 3. The molecular weight excluding hydrogens is 264 g/mol. The van der Waals surface area contributed by atoms with E-state index in [0.717, 1.165) is 10.9 Å². The molecule has 0 aliphatic heterocycles. The van der Waals surface area contributed by atoms with E-state index in [0.29, 0.717) is 6.54 Å². The van der Waals surface area contributed by atoms with Gasteiger partial charge in [0.2, 0.25) is 0 Å². The maximum atomic E-state index is 5.60. The third-order valence-electron chi connectivity index (χ3n) is 2.65. The molecule has 1 heterocycles. The molecule has 0 radical (unpaired) electrons. The maximum absolute atomic E-state index is 5.60. The normalized spacial score (nSPS) is 10.7. The van der Waals surface area contributed by atoms with Gasteiger partial charge in [0.15, 0.2) is 0 Å². The van der Waals surface area contributed by atoms with E-state index in [9.17, 15) is 0 Å². The van der Waals surface area contributed by atoms with Crippen LogP contribution in [0.2, 0.25) is 0 Å². The Kier molecular flexibility index (Phi) is 3.46. The summed E-state index contributed by atoms with van der Waals surface area (Å²) in [6.07, 6.45) is 2.98. The summed E-state index contributed by atoms with van der Waals surface area (Å²) in [6, 6.07) is 10.5. The molecule has 0 aliphatic rings. The monoisotopic (exact) mass is 278 g/mol. The minimum absolute atomic E-state index is 0.680. The number of aryl methyl sites for hydroxylation is 1. The lowest BCUT2D eigenvalue weighted by molar-refractivity contribution is 0.873. The van der Waals surface area contributed by atoms with Crippen molar-refractivity contribution in [1.29, 1.82) is 0 Å². The molecule has 2 rings (SSSR count). The first kappa shape index (κ1) is 11.4. The highest BCUT2D eigenvalue weighted by molar-refractivity contribution is 9.10.